The summed E-state index contributed by atoms with van der Waals surface area (Å²) in [6.07, 6.45) is -0.482. The summed E-state index contributed by atoms with van der Waals surface area (Å²) in [5.74, 6) is 0. The van der Waals surface area contributed by atoms with E-state index in [0.29, 0.717) is 12.1 Å². The molecule has 2 unspecified atom stereocenters. The zero-order valence-electron chi connectivity index (χ0n) is 10.7. The average Bonchev–Trinajstić information content (AvgIpc) is 2.26. The molecule has 17 heavy (non-hydrogen) atoms. The van der Waals surface area contributed by atoms with Crippen molar-refractivity contribution in [2.75, 3.05) is 20.1 Å². The summed E-state index contributed by atoms with van der Waals surface area (Å²) in [7, 11) is 1.81. The maximum atomic E-state index is 12.1. The number of hydrogen-bond donors (Lipinski definition) is 1. The van der Waals surface area contributed by atoms with Crippen molar-refractivity contribution >= 4 is 0 Å². The minimum absolute atomic E-state index is 0.118. The molecule has 0 radical (unpaired) electrons. The van der Waals surface area contributed by atoms with Crippen LogP contribution in [0.4, 0.5) is 13.2 Å². The van der Waals surface area contributed by atoms with Crippen LogP contribution in [-0.4, -0.2) is 43.3 Å². The third-order valence-corrected chi connectivity index (χ3v) is 3.51. The minimum atomic E-state index is -4.04. The van der Waals surface area contributed by atoms with E-state index in [4.69, 9.17) is 0 Å². The van der Waals surface area contributed by atoms with E-state index >= 15 is 0 Å². The second-order valence-corrected chi connectivity index (χ2v) is 4.92. The highest BCUT2D eigenvalue weighted by Crippen LogP contribution is 2.25. The predicted molar refractivity (Wildman–Crippen MR) is 63.0 cm³/mol. The largest absolute Gasteiger partial charge is 0.390 e. The molecule has 0 aromatic rings. The molecule has 0 saturated heterocycles. The number of nitrogens with zero attached hydrogens (tertiary/aromatic N) is 1. The number of halogens is 3. The Morgan fingerprint density at radius 1 is 1.29 bits per heavy atom. The van der Waals surface area contributed by atoms with E-state index in [1.54, 1.807) is 0 Å². The van der Waals surface area contributed by atoms with Crippen LogP contribution in [0.15, 0.2) is 0 Å². The monoisotopic (exact) mass is 252 g/mol. The van der Waals surface area contributed by atoms with E-state index in [9.17, 15) is 13.2 Å². The van der Waals surface area contributed by atoms with Gasteiger partial charge in [0.25, 0.3) is 0 Å². The fourth-order valence-electron chi connectivity index (χ4n) is 2.52. The van der Waals surface area contributed by atoms with Gasteiger partial charge in [0.15, 0.2) is 0 Å². The number of alkyl halides is 3. The lowest BCUT2D eigenvalue weighted by Gasteiger charge is -2.35. The molecule has 0 aromatic heterocycles. The molecule has 1 aliphatic rings. The number of rotatable bonds is 5. The Labute approximate surface area is 102 Å². The van der Waals surface area contributed by atoms with Crippen molar-refractivity contribution < 1.29 is 13.2 Å². The molecule has 1 fully saturated rings. The Kier molecular flexibility index (Phi) is 5.73. The highest BCUT2D eigenvalue weighted by Gasteiger charge is 2.30. The van der Waals surface area contributed by atoms with Gasteiger partial charge in [0.2, 0.25) is 0 Å². The normalized spacial score (nSPS) is 26.5. The van der Waals surface area contributed by atoms with Gasteiger partial charge in [-0.05, 0) is 32.9 Å². The van der Waals surface area contributed by atoms with E-state index in [1.807, 2.05) is 11.9 Å². The molecule has 2 nitrogen and oxygen atoms in total. The van der Waals surface area contributed by atoms with Gasteiger partial charge in [0, 0.05) is 18.6 Å². The first kappa shape index (κ1) is 14.8. The topological polar surface area (TPSA) is 15.3 Å². The molecule has 5 heteroatoms. The molecule has 0 spiro atoms. The molecule has 0 heterocycles. The van der Waals surface area contributed by atoms with E-state index < -0.39 is 12.6 Å². The van der Waals surface area contributed by atoms with Crippen molar-refractivity contribution in [2.24, 2.45) is 0 Å². The quantitative estimate of drug-likeness (QED) is 0.809. The molecule has 0 aliphatic heterocycles. The zero-order valence-corrected chi connectivity index (χ0v) is 10.7. The van der Waals surface area contributed by atoms with Crippen LogP contribution in [-0.2, 0) is 0 Å². The molecule has 1 aliphatic carbocycles. The molecule has 0 bridgehead atoms. The van der Waals surface area contributed by atoms with E-state index in [-0.39, 0.29) is 6.54 Å². The average molecular weight is 252 g/mol. The van der Waals surface area contributed by atoms with Gasteiger partial charge < -0.3 is 10.2 Å². The summed E-state index contributed by atoms with van der Waals surface area (Å²) in [6, 6.07) is 0.780. The molecule has 0 amide bonds. The van der Waals surface area contributed by atoms with Crippen molar-refractivity contribution in [1.82, 2.24) is 10.2 Å². The summed E-state index contributed by atoms with van der Waals surface area (Å²) in [4.78, 5) is 1.87. The van der Waals surface area contributed by atoms with Crippen LogP contribution in [0.3, 0.4) is 0 Å². The first-order chi connectivity index (χ1) is 7.92. The maximum Gasteiger partial charge on any atom is 0.390 e. The molecule has 1 rings (SSSR count). The van der Waals surface area contributed by atoms with Crippen LogP contribution in [0.2, 0.25) is 0 Å². The van der Waals surface area contributed by atoms with Crippen LogP contribution >= 0.6 is 0 Å². The fraction of sp³-hybridized carbons (Fsp3) is 1.00. The lowest BCUT2D eigenvalue weighted by Crippen LogP contribution is -2.43. The highest BCUT2D eigenvalue weighted by molar-refractivity contribution is 4.82. The molecule has 0 aromatic carbocycles. The second-order valence-electron chi connectivity index (χ2n) is 4.92. The first-order valence-corrected chi connectivity index (χ1v) is 6.42. The zero-order chi connectivity index (χ0) is 12.9. The van der Waals surface area contributed by atoms with Gasteiger partial charge in [-0.1, -0.05) is 13.3 Å². The van der Waals surface area contributed by atoms with E-state index in [2.05, 4.69) is 12.2 Å². The predicted octanol–water partition coefficient (Wildman–Crippen LogP) is 2.79. The van der Waals surface area contributed by atoms with Crippen LogP contribution in [0.25, 0.3) is 0 Å². The van der Waals surface area contributed by atoms with Gasteiger partial charge in [0.1, 0.15) is 0 Å². The van der Waals surface area contributed by atoms with Gasteiger partial charge >= 0.3 is 6.18 Å². The standard InChI is InChI=1S/C12H23F3N2/c1-3-16-10-5-4-6-11(9-10)17(2)8-7-12(13,14)15/h10-11,16H,3-9H2,1-2H3. The second kappa shape index (κ2) is 6.59. The van der Waals surface area contributed by atoms with Crippen LogP contribution in [0.5, 0.6) is 0 Å². The third-order valence-electron chi connectivity index (χ3n) is 3.51. The van der Waals surface area contributed by atoms with Crippen LogP contribution in [0.1, 0.15) is 39.0 Å². The van der Waals surface area contributed by atoms with Gasteiger partial charge in [-0.15, -0.1) is 0 Å². The Balaban J connectivity index is 2.33. The van der Waals surface area contributed by atoms with Gasteiger partial charge in [-0.2, -0.15) is 13.2 Å². The van der Waals surface area contributed by atoms with Crippen molar-refractivity contribution in [3.05, 3.63) is 0 Å². The van der Waals surface area contributed by atoms with Crippen molar-refractivity contribution in [1.29, 1.82) is 0 Å². The lowest BCUT2D eigenvalue weighted by molar-refractivity contribution is -0.138. The van der Waals surface area contributed by atoms with Crippen LogP contribution in [0, 0.1) is 0 Å². The lowest BCUT2D eigenvalue weighted by atomic mass is 9.90. The van der Waals surface area contributed by atoms with Crippen molar-refractivity contribution in [3.8, 4) is 0 Å². The molecular formula is C12H23F3N2. The Morgan fingerprint density at radius 2 is 2.00 bits per heavy atom. The molecule has 1 N–H and O–H groups in total. The van der Waals surface area contributed by atoms with Crippen LogP contribution < -0.4 is 5.32 Å². The van der Waals surface area contributed by atoms with E-state index in [0.717, 1.165) is 32.2 Å². The fourth-order valence-corrected chi connectivity index (χ4v) is 2.52. The smallest absolute Gasteiger partial charge is 0.314 e. The molecule has 2 atom stereocenters. The van der Waals surface area contributed by atoms with Gasteiger partial charge in [-0.25, -0.2) is 0 Å². The van der Waals surface area contributed by atoms with Gasteiger partial charge in [0.05, 0.1) is 6.42 Å². The van der Waals surface area contributed by atoms with Crippen molar-refractivity contribution in [3.63, 3.8) is 0 Å². The number of nitrogens with one attached hydrogen (secondary N) is 1. The Morgan fingerprint density at radius 3 is 2.59 bits per heavy atom. The molecular weight excluding hydrogens is 229 g/mol. The molecule has 1 saturated carbocycles. The summed E-state index contributed by atoms with van der Waals surface area (Å²) >= 11 is 0. The minimum Gasteiger partial charge on any atom is -0.314 e. The van der Waals surface area contributed by atoms with Gasteiger partial charge in [-0.3, -0.25) is 0 Å². The Hall–Kier alpha value is -0.290. The summed E-state index contributed by atoms with van der Waals surface area (Å²) in [6.45, 7) is 3.12. The SMILES string of the molecule is CCNC1CCCC(N(C)CCC(F)(F)F)C1. The summed E-state index contributed by atoms with van der Waals surface area (Å²) < 4.78 is 36.4. The highest BCUT2D eigenvalue weighted by atomic mass is 19.4. The maximum absolute atomic E-state index is 12.1. The Bertz CT molecular complexity index is 216. The molecule has 102 valence electrons. The number of hydrogen-bond acceptors (Lipinski definition) is 2. The summed E-state index contributed by atoms with van der Waals surface area (Å²) in [5, 5.41) is 3.39. The first-order valence-electron chi connectivity index (χ1n) is 6.42. The third kappa shape index (κ3) is 5.73. The van der Waals surface area contributed by atoms with E-state index in [1.165, 1.54) is 0 Å². The summed E-state index contributed by atoms with van der Waals surface area (Å²) in [5.41, 5.74) is 0. The van der Waals surface area contributed by atoms with Crippen molar-refractivity contribution in [2.45, 2.75) is 57.3 Å².